The van der Waals surface area contributed by atoms with Gasteiger partial charge in [0.25, 0.3) is 11.8 Å². The number of rotatable bonds is 5. The van der Waals surface area contributed by atoms with Crippen LogP contribution in [0, 0.1) is 0 Å². The van der Waals surface area contributed by atoms with Crippen molar-refractivity contribution in [3.63, 3.8) is 0 Å². The highest BCUT2D eigenvalue weighted by molar-refractivity contribution is 6.04. The molecule has 2 amide bonds. The van der Waals surface area contributed by atoms with E-state index < -0.39 is 30.1 Å². The number of hydrogen-bond acceptors (Lipinski definition) is 7. The maximum atomic E-state index is 12.1. The third-order valence-electron chi connectivity index (χ3n) is 3.00. The number of carbonyl (C=O) groups is 3. The van der Waals surface area contributed by atoms with E-state index in [2.05, 4.69) is 20.3 Å². The van der Waals surface area contributed by atoms with Crippen LogP contribution in [0.4, 0.5) is 5.82 Å². The van der Waals surface area contributed by atoms with Gasteiger partial charge in [-0.1, -0.05) is 5.16 Å². The Morgan fingerprint density at radius 1 is 1.48 bits per heavy atom. The molecule has 23 heavy (non-hydrogen) atoms. The minimum atomic E-state index is -1.23. The van der Waals surface area contributed by atoms with E-state index in [-0.39, 0.29) is 23.8 Å². The molecule has 0 aliphatic carbocycles. The zero-order chi connectivity index (χ0) is 17.0. The molecule has 1 aromatic rings. The summed E-state index contributed by atoms with van der Waals surface area (Å²) in [7, 11) is 0. The number of amides is 2. The minimum absolute atomic E-state index is 0.146. The second kappa shape index (κ2) is 6.61. The molecule has 0 spiro atoms. The molecule has 2 rings (SSSR count). The van der Waals surface area contributed by atoms with Crippen molar-refractivity contribution in [2.75, 3.05) is 11.9 Å². The van der Waals surface area contributed by atoms with Crippen molar-refractivity contribution in [1.29, 1.82) is 0 Å². The van der Waals surface area contributed by atoms with Crippen molar-refractivity contribution in [3.05, 3.63) is 24.2 Å². The summed E-state index contributed by atoms with van der Waals surface area (Å²) in [5.41, 5.74) is -0.809. The highest BCUT2D eigenvalue weighted by Crippen LogP contribution is 2.24. The summed E-state index contributed by atoms with van der Waals surface area (Å²) < 4.78 is 9.98. The van der Waals surface area contributed by atoms with Crippen molar-refractivity contribution in [1.82, 2.24) is 10.5 Å². The molecule has 0 bridgehead atoms. The predicted molar refractivity (Wildman–Crippen MR) is 77.0 cm³/mol. The van der Waals surface area contributed by atoms with E-state index in [1.54, 1.807) is 13.8 Å². The molecule has 9 nitrogen and oxygen atoms in total. The van der Waals surface area contributed by atoms with E-state index in [0.717, 1.165) is 6.08 Å². The van der Waals surface area contributed by atoms with E-state index >= 15 is 0 Å². The van der Waals surface area contributed by atoms with Gasteiger partial charge in [0, 0.05) is 18.6 Å². The van der Waals surface area contributed by atoms with Crippen LogP contribution in [-0.4, -0.2) is 46.1 Å². The maximum absolute atomic E-state index is 12.1. The van der Waals surface area contributed by atoms with Gasteiger partial charge < -0.3 is 25.0 Å². The van der Waals surface area contributed by atoms with Crippen LogP contribution in [-0.2, 0) is 19.1 Å². The summed E-state index contributed by atoms with van der Waals surface area (Å²) in [4.78, 5) is 35.7. The monoisotopic (exact) mass is 323 g/mol. The molecule has 3 N–H and O–H groups in total. The Hall–Kier alpha value is -2.68. The second-order valence-electron chi connectivity index (χ2n) is 5.60. The summed E-state index contributed by atoms with van der Waals surface area (Å²) >= 11 is 0. The molecule has 0 aromatic carbocycles. The van der Waals surface area contributed by atoms with Gasteiger partial charge in [0.05, 0.1) is 6.61 Å². The van der Waals surface area contributed by atoms with Crippen molar-refractivity contribution in [3.8, 4) is 0 Å². The van der Waals surface area contributed by atoms with Crippen LogP contribution in [0.25, 0.3) is 0 Å². The quantitative estimate of drug-likeness (QED) is 0.680. The third kappa shape index (κ3) is 4.39. The lowest BCUT2D eigenvalue weighted by Crippen LogP contribution is -2.48. The lowest BCUT2D eigenvalue weighted by molar-refractivity contribution is -0.133. The van der Waals surface area contributed by atoms with Gasteiger partial charge in [0.1, 0.15) is 17.9 Å². The van der Waals surface area contributed by atoms with E-state index in [1.807, 2.05) is 0 Å². The van der Waals surface area contributed by atoms with Crippen LogP contribution in [0.15, 0.2) is 28.7 Å². The number of anilines is 1. The Balaban J connectivity index is 2.02. The Labute approximate surface area is 131 Å². The first-order valence-electron chi connectivity index (χ1n) is 6.87. The van der Waals surface area contributed by atoms with Gasteiger partial charge in [0.15, 0.2) is 17.4 Å². The van der Waals surface area contributed by atoms with Crippen molar-refractivity contribution in [2.24, 2.45) is 0 Å². The molecule has 1 atom stereocenters. The molecular formula is C14H17N3O6. The van der Waals surface area contributed by atoms with Crippen LogP contribution < -0.4 is 10.6 Å². The topological polar surface area (TPSA) is 131 Å². The maximum Gasteiger partial charge on any atom is 0.287 e. The Kier molecular flexibility index (Phi) is 4.80. The summed E-state index contributed by atoms with van der Waals surface area (Å²) in [6, 6.07) is 0.172. The van der Waals surface area contributed by atoms with Crippen LogP contribution in [0.3, 0.4) is 0 Å². The number of aliphatic hydroxyl groups is 1. The number of nitrogens with zero attached hydrogens (tertiary/aromatic N) is 1. The molecule has 2 heterocycles. The SMILES string of the molecule is CC1(C)CC(=O)C=C(C(=O)N[C@@H](CO)C(=O)Nc2ccon2)O1. The summed E-state index contributed by atoms with van der Waals surface area (Å²) in [5, 5.41) is 17.4. The lowest BCUT2D eigenvalue weighted by Gasteiger charge is -2.30. The minimum Gasteiger partial charge on any atom is -0.482 e. The fraction of sp³-hybridized carbons (Fsp3) is 0.429. The van der Waals surface area contributed by atoms with E-state index in [9.17, 15) is 19.5 Å². The van der Waals surface area contributed by atoms with Crippen molar-refractivity contribution < 1.29 is 28.8 Å². The smallest absolute Gasteiger partial charge is 0.287 e. The zero-order valence-electron chi connectivity index (χ0n) is 12.7. The standard InChI is InChI=1S/C14H17N3O6/c1-14(2)6-8(19)5-10(23-14)13(21)15-9(7-18)12(20)16-11-3-4-22-17-11/h3-5,9,18H,6-7H2,1-2H3,(H,15,21)(H,16,17,20)/t9-/m0/s1. The lowest BCUT2D eigenvalue weighted by atomic mass is 9.98. The van der Waals surface area contributed by atoms with E-state index in [4.69, 9.17) is 4.74 Å². The molecule has 1 aromatic heterocycles. The first-order valence-corrected chi connectivity index (χ1v) is 6.87. The predicted octanol–water partition coefficient (Wildman–Crippen LogP) is -0.258. The second-order valence-corrected chi connectivity index (χ2v) is 5.60. The molecule has 0 radical (unpaired) electrons. The highest BCUT2D eigenvalue weighted by atomic mass is 16.5. The van der Waals surface area contributed by atoms with Gasteiger partial charge in [0.2, 0.25) is 0 Å². The Morgan fingerprint density at radius 3 is 2.78 bits per heavy atom. The number of aromatic nitrogens is 1. The molecule has 1 aliphatic heterocycles. The van der Waals surface area contributed by atoms with Crippen LogP contribution >= 0.6 is 0 Å². The average molecular weight is 323 g/mol. The van der Waals surface area contributed by atoms with Crippen LogP contribution in [0.1, 0.15) is 20.3 Å². The molecule has 0 saturated carbocycles. The van der Waals surface area contributed by atoms with Gasteiger partial charge in [-0.2, -0.15) is 0 Å². The molecule has 9 heteroatoms. The van der Waals surface area contributed by atoms with Crippen molar-refractivity contribution >= 4 is 23.4 Å². The van der Waals surface area contributed by atoms with E-state index in [0.29, 0.717) is 0 Å². The normalized spacial score (nSPS) is 17.7. The first kappa shape index (κ1) is 16.7. The van der Waals surface area contributed by atoms with Crippen LogP contribution in [0.5, 0.6) is 0 Å². The number of nitrogens with one attached hydrogen (secondary N) is 2. The fourth-order valence-corrected chi connectivity index (χ4v) is 2.01. The summed E-state index contributed by atoms with van der Waals surface area (Å²) in [5.74, 6) is -1.75. The fourth-order valence-electron chi connectivity index (χ4n) is 2.01. The highest BCUT2D eigenvalue weighted by Gasteiger charge is 2.33. The van der Waals surface area contributed by atoms with Crippen molar-refractivity contribution in [2.45, 2.75) is 31.9 Å². The van der Waals surface area contributed by atoms with Gasteiger partial charge in [-0.25, -0.2) is 0 Å². The molecule has 0 unspecified atom stereocenters. The van der Waals surface area contributed by atoms with Crippen LogP contribution in [0.2, 0.25) is 0 Å². The first-order chi connectivity index (χ1) is 10.8. The molecule has 0 saturated heterocycles. The Bertz CT molecular complexity index is 635. The van der Waals surface area contributed by atoms with E-state index in [1.165, 1.54) is 12.3 Å². The van der Waals surface area contributed by atoms with Gasteiger partial charge in [-0.15, -0.1) is 0 Å². The third-order valence-corrected chi connectivity index (χ3v) is 3.00. The summed E-state index contributed by atoms with van der Waals surface area (Å²) in [6.07, 6.45) is 2.49. The Morgan fingerprint density at radius 2 is 2.22 bits per heavy atom. The molecule has 124 valence electrons. The molecular weight excluding hydrogens is 306 g/mol. The van der Waals surface area contributed by atoms with Gasteiger partial charge in [-0.3, -0.25) is 14.4 Å². The number of ether oxygens (including phenoxy) is 1. The number of carbonyl (C=O) groups excluding carboxylic acids is 3. The average Bonchev–Trinajstić information content (AvgIpc) is 2.94. The number of allylic oxidation sites excluding steroid dienone is 1. The molecule has 1 aliphatic rings. The number of hydrogen-bond donors (Lipinski definition) is 3. The number of aliphatic hydroxyl groups excluding tert-OH is 1. The number of ketones is 1. The van der Waals surface area contributed by atoms with Gasteiger partial charge >= 0.3 is 0 Å². The van der Waals surface area contributed by atoms with Gasteiger partial charge in [-0.05, 0) is 13.8 Å². The zero-order valence-corrected chi connectivity index (χ0v) is 12.7. The largest absolute Gasteiger partial charge is 0.482 e. The summed E-state index contributed by atoms with van der Waals surface area (Å²) in [6.45, 7) is 2.71. The molecule has 0 fully saturated rings.